The molecule has 2 N–H and O–H groups in total. The number of piperazine rings is 1. The van der Waals surface area contributed by atoms with Crippen molar-refractivity contribution in [2.75, 3.05) is 26.2 Å². The lowest BCUT2D eigenvalue weighted by molar-refractivity contribution is -0.135. The molecule has 1 atom stereocenters. The molecule has 1 aliphatic heterocycles. The van der Waals surface area contributed by atoms with Gasteiger partial charge in [-0.05, 0) is 18.1 Å². The van der Waals surface area contributed by atoms with Gasteiger partial charge in [0.15, 0.2) is 0 Å². The summed E-state index contributed by atoms with van der Waals surface area (Å²) in [5.74, 6) is 0.267. The Bertz CT molecular complexity index is 643. The summed E-state index contributed by atoms with van der Waals surface area (Å²) in [6.45, 7) is 8.11. The normalized spacial score (nSPS) is 17.8. The molecular formula is C17H24N4OS. The summed E-state index contributed by atoms with van der Waals surface area (Å²) in [6.07, 6.45) is 0. The maximum absolute atomic E-state index is 12.3. The standard InChI is InChI=1S/C17H24N4OS/c1-12(2)16(18)17(22)21-9-7-20(8-10-21)11-15-19-13-5-3-4-6-14(13)23-15/h3-6,12,16H,7-11,18H2,1-2H3/t16-/m0/s1. The first kappa shape index (κ1) is 16.4. The van der Waals surface area contributed by atoms with Gasteiger partial charge in [0.25, 0.3) is 0 Å². The van der Waals surface area contributed by atoms with E-state index in [1.807, 2.05) is 30.9 Å². The largest absolute Gasteiger partial charge is 0.339 e. The molecule has 0 radical (unpaired) electrons. The lowest BCUT2D eigenvalue weighted by Gasteiger charge is -2.36. The average molecular weight is 332 g/mol. The summed E-state index contributed by atoms with van der Waals surface area (Å²) in [6, 6.07) is 7.85. The van der Waals surface area contributed by atoms with E-state index in [4.69, 9.17) is 5.73 Å². The zero-order chi connectivity index (χ0) is 16.4. The van der Waals surface area contributed by atoms with E-state index in [1.165, 1.54) is 4.70 Å². The van der Waals surface area contributed by atoms with Gasteiger partial charge in [0, 0.05) is 26.2 Å². The number of aromatic nitrogens is 1. The van der Waals surface area contributed by atoms with Crippen LogP contribution in [0.4, 0.5) is 0 Å². The topological polar surface area (TPSA) is 62.5 Å². The number of benzene rings is 1. The summed E-state index contributed by atoms with van der Waals surface area (Å²) in [5, 5.41) is 1.14. The average Bonchev–Trinajstić information content (AvgIpc) is 2.96. The lowest BCUT2D eigenvalue weighted by Crippen LogP contribution is -2.54. The predicted molar refractivity (Wildman–Crippen MR) is 94.3 cm³/mol. The first-order valence-corrected chi connectivity index (χ1v) is 8.97. The molecule has 23 heavy (non-hydrogen) atoms. The maximum atomic E-state index is 12.3. The van der Waals surface area contributed by atoms with Crippen LogP contribution in [0, 0.1) is 5.92 Å². The molecule has 3 rings (SSSR count). The SMILES string of the molecule is CC(C)[C@H](N)C(=O)N1CCN(Cc2nc3ccccc3s2)CC1. The van der Waals surface area contributed by atoms with Crippen molar-refractivity contribution in [2.24, 2.45) is 11.7 Å². The molecule has 0 unspecified atom stereocenters. The van der Waals surface area contributed by atoms with E-state index in [0.29, 0.717) is 0 Å². The predicted octanol–water partition coefficient (Wildman–Crippen LogP) is 1.92. The minimum atomic E-state index is -0.384. The summed E-state index contributed by atoms with van der Waals surface area (Å²) in [7, 11) is 0. The number of carbonyl (C=O) groups is 1. The molecule has 0 aliphatic carbocycles. The molecule has 1 fully saturated rings. The number of thiazole rings is 1. The molecule has 2 aromatic rings. The summed E-state index contributed by atoms with van der Waals surface area (Å²) in [5.41, 5.74) is 7.05. The van der Waals surface area contributed by atoms with E-state index in [-0.39, 0.29) is 17.9 Å². The van der Waals surface area contributed by atoms with Crippen molar-refractivity contribution < 1.29 is 4.79 Å². The Morgan fingerprint density at radius 1 is 1.26 bits per heavy atom. The second kappa shape index (κ2) is 6.95. The van der Waals surface area contributed by atoms with Crippen molar-refractivity contribution in [1.82, 2.24) is 14.8 Å². The highest BCUT2D eigenvalue weighted by Gasteiger charge is 2.27. The smallest absolute Gasteiger partial charge is 0.239 e. The van der Waals surface area contributed by atoms with Crippen LogP contribution < -0.4 is 5.73 Å². The van der Waals surface area contributed by atoms with E-state index in [0.717, 1.165) is 43.2 Å². The number of hydrogen-bond acceptors (Lipinski definition) is 5. The van der Waals surface area contributed by atoms with Gasteiger partial charge in [0.05, 0.1) is 22.8 Å². The number of fused-ring (bicyclic) bond motifs is 1. The van der Waals surface area contributed by atoms with E-state index in [1.54, 1.807) is 11.3 Å². The van der Waals surface area contributed by atoms with Gasteiger partial charge in [-0.3, -0.25) is 9.69 Å². The highest BCUT2D eigenvalue weighted by molar-refractivity contribution is 7.18. The van der Waals surface area contributed by atoms with Gasteiger partial charge in [-0.15, -0.1) is 11.3 Å². The molecule has 1 aliphatic rings. The number of carbonyl (C=O) groups excluding carboxylic acids is 1. The first-order valence-electron chi connectivity index (χ1n) is 8.16. The van der Waals surface area contributed by atoms with Crippen LogP contribution in [0.25, 0.3) is 10.2 Å². The van der Waals surface area contributed by atoms with Crippen LogP contribution >= 0.6 is 11.3 Å². The van der Waals surface area contributed by atoms with Gasteiger partial charge in [0.2, 0.25) is 5.91 Å². The Labute approximate surface area is 141 Å². The van der Waals surface area contributed by atoms with Crippen LogP contribution in [0.15, 0.2) is 24.3 Å². The molecular weight excluding hydrogens is 308 g/mol. The number of nitrogens with two attached hydrogens (primary N) is 1. The third-order valence-electron chi connectivity index (χ3n) is 4.38. The number of amides is 1. The second-order valence-electron chi connectivity index (χ2n) is 6.45. The van der Waals surface area contributed by atoms with Crippen LogP contribution in [-0.4, -0.2) is 52.9 Å². The summed E-state index contributed by atoms with van der Waals surface area (Å²) in [4.78, 5) is 21.2. The van der Waals surface area contributed by atoms with Crippen molar-refractivity contribution >= 4 is 27.5 Å². The molecule has 124 valence electrons. The Kier molecular flexibility index (Phi) is 4.94. The van der Waals surface area contributed by atoms with Crippen molar-refractivity contribution in [2.45, 2.75) is 26.4 Å². The Balaban J connectivity index is 1.56. The Morgan fingerprint density at radius 3 is 2.61 bits per heavy atom. The van der Waals surface area contributed by atoms with Crippen molar-refractivity contribution in [1.29, 1.82) is 0 Å². The highest BCUT2D eigenvalue weighted by atomic mass is 32.1. The minimum absolute atomic E-state index is 0.0830. The van der Waals surface area contributed by atoms with Gasteiger partial charge in [-0.2, -0.15) is 0 Å². The van der Waals surface area contributed by atoms with E-state index in [9.17, 15) is 4.79 Å². The molecule has 0 bridgehead atoms. The number of rotatable bonds is 4. The van der Waals surface area contributed by atoms with Gasteiger partial charge in [-0.1, -0.05) is 26.0 Å². The minimum Gasteiger partial charge on any atom is -0.339 e. The van der Waals surface area contributed by atoms with Crippen molar-refractivity contribution in [3.63, 3.8) is 0 Å². The maximum Gasteiger partial charge on any atom is 0.239 e. The van der Waals surface area contributed by atoms with Gasteiger partial charge in [-0.25, -0.2) is 4.98 Å². The third kappa shape index (κ3) is 3.71. The van der Waals surface area contributed by atoms with Crippen LogP contribution in [0.5, 0.6) is 0 Å². The monoisotopic (exact) mass is 332 g/mol. The third-order valence-corrected chi connectivity index (χ3v) is 5.41. The Hall–Kier alpha value is -1.50. The zero-order valence-corrected chi connectivity index (χ0v) is 14.6. The van der Waals surface area contributed by atoms with Gasteiger partial charge < -0.3 is 10.6 Å². The molecule has 1 amide bonds. The van der Waals surface area contributed by atoms with Gasteiger partial charge >= 0.3 is 0 Å². The van der Waals surface area contributed by atoms with Crippen LogP contribution in [-0.2, 0) is 11.3 Å². The molecule has 6 heteroatoms. The molecule has 0 saturated carbocycles. The summed E-state index contributed by atoms with van der Waals surface area (Å²) < 4.78 is 1.24. The zero-order valence-electron chi connectivity index (χ0n) is 13.7. The van der Waals surface area contributed by atoms with Crippen molar-refractivity contribution in [3.05, 3.63) is 29.3 Å². The van der Waals surface area contributed by atoms with Crippen LogP contribution in [0.2, 0.25) is 0 Å². The van der Waals surface area contributed by atoms with E-state index < -0.39 is 0 Å². The molecule has 1 aromatic heterocycles. The number of para-hydroxylation sites is 1. The quantitative estimate of drug-likeness (QED) is 0.929. The fourth-order valence-electron chi connectivity index (χ4n) is 2.80. The lowest BCUT2D eigenvalue weighted by atomic mass is 10.0. The Morgan fingerprint density at radius 2 is 1.96 bits per heavy atom. The fraction of sp³-hybridized carbons (Fsp3) is 0.529. The van der Waals surface area contributed by atoms with E-state index >= 15 is 0 Å². The number of nitrogens with zero attached hydrogens (tertiary/aromatic N) is 3. The molecule has 0 spiro atoms. The van der Waals surface area contributed by atoms with Crippen LogP contribution in [0.1, 0.15) is 18.9 Å². The second-order valence-corrected chi connectivity index (χ2v) is 7.56. The highest BCUT2D eigenvalue weighted by Crippen LogP contribution is 2.23. The van der Waals surface area contributed by atoms with Crippen LogP contribution in [0.3, 0.4) is 0 Å². The number of hydrogen-bond donors (Lipinski definition) is 1. The van der Waals surface area contributed by atoms with Gasteiger partial charge in [0.1, 0.15) is 5.01 Å². The molecule has 2 heterocycles. The molecule has 5 nitrogen and oxygen atoms in total. The first-order chi connectivity index (χ1) is 11.0. The van der Waals surface area contributed by atoms with Crippen molar-refractivity contribution in [3.8, 4) is 0 Å². The fourth-order valence-corrected chi connectivity index (χ4v) is 3.81. The summed E-state index contributed by atoms with van der Waals surface area (Å²) >= 11 is 1.75. The molecule has 1 aromatic carbocycles. The molecule has 1 saturated heterocycles. The van der Waals surface area contributed by atoms with E-state index in [2.05, 4.69) is 22.0 Å².